The lowest BCUT2D eigenvalue weighted by molar-refractivity contribution is 0.330. The van der Waals surface area contributed by atoms with Crippen molar-refractivity contribution in [3.8, 4) is 0 Å². The highest BCUT2D eigenvalue weighted by Crippen LogP contribution is 2.23. The van der Waals surface area contributed by atoms with Crippen LogP contribution in [0.1, 0.15) is 32.3 Å². The number of aryl methyl sites for hydroxylation is 1. The van der Waals surface area contributed by atoms with Crippen LogP contribution in [0.4, 0.5) is 0 Å². The molecule has 0 spiro atoms. The second kappa shape index (κ2) is 6.32. The number of nitrogens with one attached hydrogen (secondary N) is 2. The number of nitrogens with two attached hydrogens (primary N) is 1. The molecule has 0 bridgehead atoms. The summed E-state index contributed by atoms with van der Waals surface area (Å²) >= 11 is 0. The molecule has 2 rings (SSSR count). The Balaban J connectivity index is 1.88. The second-order valence-corrected chi connectivity index (χ2v) is 5.74. The van der Waals surface area contributed by atoms with Crippen LogP contribution in [-0.2, 0) is 6.42 Å². The molecule has 3 heteroatoms. The van der Waals surface area contributed by atoms with Crippen LogP contribution in [0.15, 0.2) is 30.3 Å². The van der Waals surface area contributed by atoms with E-state index >= 15 is 0 Å². The van der Waals surface area contributed by atoms with Gasteiger partial charge in [0.15, 0.2) is 0 Å². The molecule has 100 valence electrons. The molecule has 1 aliphatic rings. The predicted octanol–water partition coefficient (Wildman–Crippen LogP) is 2.04. The zero-order valence-electron chi connectivity index (χ0n) is 11.4. The van der Waals surface area contributed by atoms with Crippen molar-refractivity contribution in [2.75, 3.05) is 0 Å². The van der Waals surface area contributed by atoms with E-state index < -0.39 is 0 Å². The summed E-state index contributed by atoms with van der Waals surface area (Å²) in [5.74, 6) is 1.23. The topological polar surface area (TPSA) is 50.1 Å². The van der Waals surface area contributed by atoms with E-state index in [1.54, 1.807) is 0 Å². The standard InChI is InChI=1S/C15H25N3/c1-11(2)10-13-14(17-18-15(13)16)9-8-12-6-4-3-5-7-12/h3-7,11,13-15,17-18H,8-10,16H2,1-2H3. The summed E-state index contributed by atoms with van der Waals surface area (Å²) in [6.45, 7) is 4.53. The maximum atomic E-state index is 6.11. The van der Waals surface area contributed by atoms with Crippen LogP contribution < -0.4 is 16.6 Å². The molecular weight excluding hydrogens is 222 g/mol. The van der Waals surface area contributed by atoms with Gasteiger partial charge in [0.1, 0.15) is 0 Å². The first-order chi connectivity index (χ1) is 8.66. The third-order valence-corrected chi connectivity index (χ3v) is 3.74. The van der Waals surface area contributed by atoms with Crippen LogP contribution in [-0.4, -0.2) is 12.2 Å². The van der Waals surface area contributed by atoms with E-state index in [-0.39, 0.29) is 6.17 Å². The predicted molar refractivity (Wildman–Crippen MR) is 75.7 cm³/mol. The Kier molecular flexibility index (Phi) is 4.75. The minimum atomic E-state index is 0.0909. The average Bonchev–Trinajstić information content (AvgIpc) is 2.69. The summed E-state index contributed by atoms with van der Waals surface area (Å²) in [4.78, 5) is 0. The van der Waals surface area contributed by atoms with E-state index in [9.17, 15) is 0 Å². The van der Waals surface area contributed by atoms with Gasteiger partial charge in [-0.25, -0.2) is 5.43 Å². The molecule has 1 aromatic carbocycles. The highest BCUT2D eigenvalue weighted by molar-refractivity contribution is 5.15. The second-order valence-electron chi connectivity index (χ2n) is 5.74. The number of hydrogen-bond acceptors (Lipinski definition) is 3. The summed E-state index contributed by atoms with van der Waals surface area (Å²) in [6.07, 6.45) is 3.53. The maximum Gasteiger partial charge on any atom is 0.0723 e. The van der Waals surface area contributed by atoms with Crippen LogP contribution in [0.25, 0.3) is 0 Å². The highest BCUT2D eigenvalue weighted by atomic mass is 15.5. The molecule has 3 nitrogen and oxygen atoms in total. The Morgan fingerprint density at radius 3 is 2.56 bits per heavy atom. The molecule has 0 aliphatic carbocycles. The van der Waals surface area contributed by atoms with E-state index in [1.807, 2.05) is 0 Å². The summed E-state index contributed by atoms with van der Waals surface area (Å²) in [5, 5.41) is 0. The van der Waals surface area contributed by atoms with Gasteiger partial charge in [-0.05, 0) is 30.7 Å². The SMILES string of the molecule is CC(C)CC1C(N)NNC1CCc1ccccc1. The first-order valence-corrected chi connectivity index (χ1v) is 6.97. The molecule has 3 atom stereocenters. The fourth-order valence-electron chi connectivity index (χ4n) is 2.78. The first kappa shape index (κ1) is 13.5. The number of rotatable bonds is 5. The van der Waals surface area contributed by atoms with Gasteiger partial charge in [0, 0.05) is 12.0 Å². The van der Waals surface area contributed by atoms with Gasteiger partial charge in [0.25, 0.3) is 0 Å². The molecular formula is C15H25N3. The van der Waals surface area contributed by atoms with Crippen LogP contribution in [0.2, 0.25) is 0 Å². The van der Waals surface area contributed by atoms with Crippen molar-refractivity contribution in [2.24, 2.45) is 17.6 Å². The van der Waals surface area contributed by atoms with Crippen LogP contribution in [0.3, 0.4) is 0 Å². The third kappa shape index (κ3) is 3.55. The van der Waals surface area contributed by atoms with Crippen molar-refractivity contribution >= 4 is 0 Å². The Labute approximate surface area is 110 Å². The molecule has 1 saturated heterocycles. The van der Waals surface area contributed by atoms with E-state index in [4.69, 9.17) is 5.73 Å². The van der Waals surface area contributed by atoms with Gasteiger partial charge in [0.2, 0.25) is 0 Å². The molecule has 18 heavy (non-hydrogen) atoms. The number of hydrazine groups is 1. The Morgan fingerprint density at radius 1 is 1.17 bits per heavy atom. The molecule has 1 fully saturated rings. The fraction of sp³-hybridized carbons (Fsp3) is 0.600. The molecule has 0 aromatic heterocycles. The van der Waals surface area contributed by atoms with Gasteiger partial charge < -0.3 is 5.73 Å². The van der Waals surface area contributed by atoms with Crippen LogP contribution in [0.5, 0.6) is 0 Å². The fourth-order valence-corrected chi connectivity index (χ4v) is 2.78. The van der Waals surface area contributed by atoms with Gasteiger partial charge >= 0.3 is 0 Å². The van der Waals surface area contributed by atoms with Crippen LogP contribution >= 0.6 is 0 Å². The van der Waals surface area contributed by atoms with E-state index in [1.165, 1.54) is 12.0 Å². The van der Waals surface area contributed by atoms with Crippen molar-refractivity contribution in [3.63, 3.8) is 0 Å². The monoisotopic (exact) mass is 247 g/mol. The zero-order valence-corrected chi connectivity index (χ0v) is 11.4. The molecule has 3 unspecified atom stereocenters. The lowest BCUT2D eigenvalue weighted by Crippen LogP contribution is -2.39. The Morgan fingerprint density at radius 2 is 1.89 bits per heavy atom. The molecule has 0 amide bonds. The van der Waals surface area contributed by atoms with Crippen molar-refractivity contribution < 1.29 is 0 Å². The lowest BCUT2D eigenvalue weighted by atomic mass is 9.87. The molecule has 1 aliphatic heterocycles. The van der Waals surface area contributed by atoms with Gasteiger partial charge in [-0.15, -0.1) is 0 Å². The van der Waals surface area contributed by atoms with E-state index in [2.05, 4.69) is 55.0 Å². The van der Waals surface area contributed by atoms with Crippen molar-refractivity contribution in [1.82, 2.24) is 10.9 Å². The molecule has 1 aromatic rings. The molecule has 1 heterocycles. The quantitative estimate of drug-likeness (QED) is 0.746. The maximum absolute atomic E-state index is 6.11. The number of benzene rings is 1. The normalized spacial score (nSPS) is 27.9. The summed E-state index contributed by atoms with van der Waals surface area (Å²) in [7, 11) is 0. The largest absolute Gasteiger partial charge is 0.315 e. The van der Waals surface area contributed by atoms with Gasteiger partial charge in [-0.2, -0.15) is 0 Å². The summed E-state index contributed by atoms with van der Waals surface area (Å²) < 4.78 is 0. The van der Waals surface area contributed by atoms with Crippen molar-refractivity contribution in [1.29, 1.82) is 0 Å². The minimum Gasteiger partial charge on any atom is -0.315 e. The Bertz CT molecular complexity index is 350. The van der Waals surface area contributed by atoms with E-state index in [0.29, 0.717) is 17.9 Å². The van der Waals surface area contributed by atoms with Gasteiger partial charge in [0.05, 0.1) is 6.17 Å². The van der Waals surface area contributed by atoms with Crippen molar-refractivity contribution in [3.05, 3.63) is 35.9 Å². The van der Waals surface area contributed by atoms with Crippen LogP contribution in [0, 0.1) is 11.8 Å². The molecule has 0 saturated carbocycles. The lowest BCUT2D eigenvalue weighted by Gasteiger charge is -2.22. The first-order valence-electron chi connectivity index (χ1n) is 6.97. The molecule has 0 radical (unpaired) electrons. The minimum absolute atomic E-state index is 0.0909. The zero-order chi connectivity index (χ0) is 13.0. The smallest absolute Gasteiger partial charge is 0.0723 e. The van der Waals surface area contributed by atoms with Gasteiger partial charge in [-0.3, -0.25) is 5.43 Å². The molecule has 4 N–H and O–H groups in total. The van der Waals surface area contributed by atoms with Gasteiger partial charge in [-0.1, -0.05) is 44.2 Å². The van der Waals surface area contributed by atoms with Crippen molar-refractivity contribution in [2.45, 2.75) is 45.3 Å². The number of hydrogen-bond donors (Lipinski definition) is 3. The Hall–Kier alpha value is -0.900. The van der Waals surface area contributed by atoms with E-state index in [0.717, 1.165) is 12.8 Å². The summed E-state index contributed by atoms with van der Waals surface area (Å²) in [6, 6.07) is 11.2. The summed E-state index contributed by atoms with van der Waals surface area (Å²) in [5.41, 5.74) is 14.1. The third-order valence-electron chi connectivity index (χ3n) is 3.74. The highest BCUT2D eigenvalue weighted by Gasteiger charge is 2.33. The average molecular weight is 247 g/mol.